The highest BCUT2D eigenvalue weighted by molar-refractivity contribution is 6.10. The zero-order chi connectivity index (χ0) is 25.8. The number of fused-ring (bicyclic) bond motifs is 2. The number of nitrogens with one attached hydrogen (secondary N) is 2. The van der Waals surface area contributed by atoms with Crippen LogP contribution in [0.15, 0.2) is 12.2 Å². The highest BCUT2D eigenvalue weighted by Crippen LogP contribution is 2.33. The van der Waals surface area contributed by atoms with Crippen LogP contribution in [0.2, 0.25) is 0 Å². The molecule has 1 saturated heterocycles. The molecule has 3 amide bonds. The summed E-state index contributed by atoms with van der Waals surface area (Å²) < 4.78 is 10.7. The summed E-state index contributed by atoms with van der Waals surface area (Å²) in [7, 11) is 0. The lowest BCUT2D eigenvalue weighted by Gasteiger charge is -2.36. The third-order valence-electron chi connectivity index (χ3n) is 6.57. The van der Waals surface area contributed by atoms with E-state index in [0.29, 0.717) is 12.3 Å². The fourth-order valence-corrected chi connectivity index (χ4v) is 4.75. The minimum absolute atomic E-state index is 0.0267. The molecule has 0 aromatic carbocycles. The summed E-state index contributed by atoms with van der Waals surface area (Å²) in [4.78, 5) is 54.8. The van der Waals surface area contributed by atoms with Gasteiger partial charge in [-0.3, -0.25) is 14.9 Å². The molecule has 0 aromatic heterocycles. The maximum Gasteiger partial charge on any atom is 0.408 e. The van der Waals surface area contributed by atoms with E-state index in [1.54, 1.807) is 27.7 Å². The molecule has 4 N–H and O–H groups in total. The van der Waals surface area contributed by atoms with Gasteiger partial charge in [0.1, 0.15) is 11.6 Å². The molecule has 0 spiro atoms. The minimum atomic E-state index is -2.01. The number of rotatable bonds is 3. The van der Waals surface area contributed by atoms with Crippen LogP contribution in [-0.4, -0.2) is 71.2 Å². The average Bonchev–Trinajstić information content (AvgIpc) is 3.36. The van der Waals surface area contributed by atoms with Crippen LogP contribution in [0.25, 0.3) is 0 Å². The molecule has 0 radical (unpaired) electrons. The van der Waals surface area contributed by atoms with Gasteiger partial charge in [0.15, 0.2) is 0 Å². The minimum Gasteiger partial charge on any atom is -0.464 e. The summed E-state index contributed by atoms with van der Waals surface area (Å²) in [5, 5.41) is 5.58. The van der Waals surface area contributed by atoms with Crippen molar-refractivity contribution in [1.29, 1.82) is 0 Å². The number of nitrogens with two attached hydrogens (primary N) is 1. The highest BCUT2D eigenvalue weighted by atomic mass is 16.6. The fraction of sp³-hybridized carbons (Fsp3) is 0.760. The number of allylic oxidation sites excluding steroid dienone is 1. The van der Waals surface area contributed by atoms with Crippen LogP contribution in [0, 0.1) is 5.92 Å². The Morgan fingerprint density at radius 3 is 2.66 bits per heavy atom. The lowest BCUT2D eigenvalue weighted by atomic mass is 9.89. The van der Waals surface area contributed by atoms with Crippen LogP contribution in [0.4, 0.5) is 4.79 Å². The van der Waals surface area contributed by atoms with Gasteiger partial charge >= 0.3 is 12.1 Å². The van der Waals surface area contributed by atoms with Crippen molar-refractivity contribution in [3.05, 3.63) is 12.2 Å². The summed E-state index contributed by atoms with van der Waals surface area (Å²) in [5.74, 6) is -1.54. The number of alkyl carbamates (subject to hydrolysis) is 1. The number of nitrogens with zero attached hydrogens (tertiary/aromatic N) is 1. The van der Waals surface area contributed by atoms with Crippen molar-refractivity contribution in [2.75, 3.05) is 13.2 Å². The van der Waals surface area contributed by atoms with E-state index in [1.165, 1.54) is 4.90 Å². The summed E-state index contributed by atoms with van der Waals surface area (Å²) in [6.45, 7) is 6.85. The maximum absolute atomic E-state index is 14.1. The third kappa shape index (κ3) is 6.74. The predicted molar refractivity (Wildman–Crippen MR) is 129 cm³/mol. The molecule has 35 heavy (non-hydrogen) atoms. The van der Waals surface area contributed by atoms with Gasteiger partial charge in [-0.05, 0) is 72.1 Å². The van der Waals surface area contributed by atoms with Crippen LogP contribution in [-0.2, 0) is 23.9 Å². The van der Waals surface area contributed by atoms with Crippen molar-refractivity contribution in [2.24, 2.45) is 11.7 Å². The topological polar surface area (TPSA) is 140 Å². The molecule has 2 heterocycles. The monoisotopic (exact) mass is 492 g/mol. The van der Waals surface area contributed by atoms with Gasteiger partial charge in [0.2, 0.25) is 11.4 Å². The first kappa shape index (κ1) is 27.0. The lowest BCUT2D eigenvalue weighted by molar-refractivity contribution is -0.162. The van der Waals surface area contributed by atoms with Gasteiger partial charge in [0.05, 0.1) is 6.61 Å². The second kappa shape index (κ2) is 11.0. The van der Waals surface area contributed by atoms with Crippen LogP contribution < -0.4 is 16.4 Å². The average molecular weight is 493 g/mol. The number of ether oxygens (including phenoxy) is 2. The molecule has 0 unspecified atom stereocenters. The maximum atomic E-state index is 14.1. The Morgan fingerprint density at radius 2 is 1.97 bits per heavy atom. The SMILES string of the molecule is CCOC(=O)[C@]1(NC(=O)OC(C)(C)C)CCCCC/C=C\[C@@H]2C[C@H]2NC(=O)[C@@H]2C[C@@H](N)CN2C1=O. The zero-order valence-electron chi connectivity index (χ0n) is 21.3. The molecule has 3 aliphatic rings. The molecule has 1 aliphatic carbocycles. The zero-order valence-corrected chi connectivity index (χ0v) is 21.3. The van der Waals surface area contributed by atoms with Crippen molar-refractivity contribution in [3.63, 3.8) is 0 Å². The predicted octanol–water partition coefficient (Wildman–Crippen LogP) is 1.77. The van der Waals surface area contributed by atoms with Gasteiger partial charge in [-0.25, -0.2) is 9.59 Å². The van der Waals surface area contributed by atoms with E-state index in [9.17, 15) is 19.2 Å². The Balaban J connectivity index is 1.97. The lowest BCUT2D eigenvalue weighted by Crippen LogP contribution is -2.66. The second-order valence-electron chi connectivity index (χ2n) is 10.8. The van der Waals surface area contributed by atoms with E-state index in [1.807, 2.05) is 0 Å². The Kier molecular flexibility index (Phi) is 8.46. The van der Waals surface area contributed by atoms with Gasteiger partial charge in [-0.15, -0.1) is 0 Å². The van der Waals surface area contributed by atoms with Gasteiger partial charge in [-0.2, -0.15) is 0 Å². The van der Waals surface area contributed by atoms with Gasteiger partial charge in [0.25, 0.3) is 5.91 Å². The van der Waals surface area contributed by atoms with Crippen molar-refractivity contribution in [1.82, 2.24) is 15.5 Å². The van der Waals surface area contributed by atoms with E-state index < -0.39 is 41.2 Å². The van der Waals surface area contributed by atoms with E-state index in [0.717, 1.165) is 25.7 Å². The van der Waals surface area contributed by atoms with Crippen molar-refractivity contribution >= 4 is 23.9 Å². The first-order valence-electron chi connectivity index (χ1n) is 12.7. The summed E-state index contributed by atoms with van der Waals surface area (Å²) in [6, 6.07) is -1.22. The summed E-state index contributed by atoms with van der Waals surface area (Å²) in [6.07, 6.45) is 7.51. The van der Waals surface area contributed by atoms with Crippen LogP contribution in [0.1, 0.15) is 72.6 Å². The van der Waals surface area contributed by atoms with Crippen LogP contribution >= 0.6 is 0 Å². The molecule has 10 heteroatoms. The Labute approximate surface area is 207 Å². The normalized spacial score (nSPS) is 32.8. The van der Waals surface area contributed by atoms with E-state index >= 15 is 0 Å². The smallest absolute Gasteiger partial charge is 0.408 e. The number of carbonyl (C=O) groups is 4. The van der Waals surface area contributed by atoms with E-state index in [4.69, 9.17) is 15.2 Å². The first-order chi connectivity index (χ1) is 16.5. The van der Waals surface area contributed by atoms with E-state index in [2.05, 4.69) is 22.8 Å². The molecule has 0 aromatic rings. The molecule has 0 bridgehead atoms. The third-order valence-corrected chi connectivity index (χ3v) is 6.57. The number of hydrogen-bond acceptors (Lipinski definition) is 7. The van der Waals surface area contributed by atoms with Crippen LogP contribution in [0.3, 0.4) is 0 Å². The van der Waals surface area contributed by atoms with Gasteiger partial charge < -0.3 is 25.4 Å². The van der Waals surface area contributed by atoms with Gasteiger partial charge in [-0.1, -0.05) is 18.6 Å². The summed E-state index contributed by atoms with van der Waals surface area (Å²) in [5.41, 5.74) is 3.32. The largest absolute Gasteiger partial charge is 0.464 e. The molecule has 1 saturated carbocycles. The van der Waals surface area contributed by atoms with Crippen LogP contribution in [0.5, 0.6) is 0 Å². The molecule has 196 valence electrons. The van der Waals surface area contributed by atoms with Gasteiger partial charge in [0, 0.05) is 18.6 Å². The number of esters is 1. The van der Waals surface area contributed by atoms with Crippen molar-refractivity contribution < 1.29 is 28.7 Å². The second-order valence-corrected chi connectivity index (χ2v) is 10.8. The van der Waals surface area contributed by atoms with Crippen molar-refractivity contribution in [2.45, 2.75) is 102 Å². The Bertz CT molecular complexity index is 853. The molecule has 3 rings (SSSR count). The Morgan fingerprint density at radius 1 is 1.23 bits per heavy atom. The highest BCUT2D eigenvalue weighted by Gasteiger charge is 2.55. The first-order valence-corrected chi connectivity index (χ1v) is 12.7. The standard InChI is InChI=1S/C25H40N4O6/c1-5-34-22(32)25(28-23(33)35-24(2,3)4)12-10-8-6-7-9-11-16-13-18(16)27-20(30)19-14-17(26)15-29(19)21(25)31/h9,11,16-19H,5-8,10,12-15,26H2,1-4H3,(H,27,30)(H,28,33)/b11-9-/t16-,17-,18-,19+,25+/m1/s1. The molecule has 2 fully saturated rings. The number of amides is 3. The Hall–Kier alpha value is -2.62. The fourth-order valence-electron chi connectivity index (χ4n) is 4.75. The molecule has 2 aliphatic heterocycles. The quantitative estimate of drug-likeness (QED) is 0.310. The molecule has 5 atom stereocenters. The van der Waals surface area contributed by atoms with Crippen molar-refractivity contribution in [3.8, 4) is 0 Å². The molecular formula is C25H40N4O6. The number of carbonyl (C=O) groups excluding carboxylic acids is 4. The summed E-state index contributed by atoms with van der Waals surface area (Å²) >= 11 is 0. The molecular weight excluding hydrogens is 452 g/mol. The number of hydrogen-bond donors (Lipinski definition) is 3. The van der Waals surface area contributed by atoms with E-state index in [-0.39, 0.29) is 37.9 Å². The molecule has 10 nitrogen and oxygen atoms in total.